The van der Waals surface area contributed by atoms with Crippen LogP contribution in [0.1, 0.15) is 19.3 Å². The average molecular weight is 329 g/mol. The second-order valence-corrected chi connectivity index (χ2v) is 6.82. The van der Waals surface area contributed by atoms with E-state index >= 15 is 0 Å². The van der Waals surface area contributed by atoms with Gasteiger partial charge < -0.3 is 4.90 Å². The van der Waals surface area contributed by atoms with Crippen LogP contribution in [0.15, 0.2) is 72.8 Å². The lowest BCUT2D eigenvalue weighted by atomic mass is 10.0. The first-order valence-electron chi connectivity index (χ1n) is 9.23. The molecule has 3 aromatic rings. The third-order valence-electron chi connectivity index (χ3n) is 5.15. The Kier molecular flexibility index (Phi) is 4.51. The Morgan fingerprint density at radius 1 is 0.680 bits per heavy atom. The van der Waals surface area contributed by atoms with Gasteiger partial charge in [-0.3, -0.25) is 0 Å². The maximum Gasteiger partial charge on any atom is 0.214 e. The Balaban J connectivity index is 1.88. The van der Waals surface area contributed by atoms with Crippen LogP contribution in [0.3, 0.4) is 0 Å². The zero-order valence-corrected chi connectivity index (χ0v) is 14.9. The van der Waals surface area contributed by atoms with Crippen LogP contribution in [-0.2, 0) is 7.05 Å². The molecule has 0 radical (unpaired) electrons. The second kappa shape index (κ2) is 7.10. The Hall–Kier alpha value is -2.61. The molecule has 2 heteroatoms. The normalized spacial score (nSPS) is 14.5. The van der Waals surface area contributed by atoms with Crippen LogP contribution < -0.4 is 9.47 Å². The van der Waals surface area contributed by atoms with Crippen molar-refractivity contribution in [2.45, 2.75) is 19.3 Å². The quantitative estimate of drug-likeness (QED) is 0.624. The van der Waals surface area contributed by atoms with E-state index in [1.165, 1.54) is 47.5 Å². The van der Waals surface area contributed by atoms with Crippen LogP contribution in [0.2, 0.25) is 0 Å². The van der Waals surface area contributed by atoms with Crippen molar-refractivity contribution < 1.29 is 4.57 Å². The highest BCUT2D eigenvalue weighted by molar-refractivity contribution is 5.68. The molecule has 126 valence electrons. The van der Waals surface area contributed by atoms with Gasteiger partial charge in [0.2, 0.25) is 11.4 Å². The zero-order valence-electron chi connectivity index (χ0n) is 14.9. The maximum absolute atomic E-state index is 2.54. The first kappa shape index (κ1) is 15.9. The van der Waals surface area contributed by atoms with Gasteiger partial charge in [0.15, 0.2) is 0 Å². The fourth-order valence-electron chi connectivity index (χ4n) is 3.75. The highest BCUT2D eigenvalue weighted by Gasteiger charge is 2.21. The lowest BCUT2D eigenvalue weighted by Gasteiger charge is -2.29. The Bertz CT molecular complexity index is 774. The molecular formula is C23H25N2+. The summed E-state index contributed by atoms with van der Waals surface area (Å²) in [5.74, 6) is 0. The average Bonchev–Trinajstić information content (AvgIpc) is 2.70. The summed E-state index contributed by atoms with van der Waals surface area (Å²) in [4.78, 5) is 2.54. The Morgan fingerprint density at radius 3 is 1.64 bits per heavy atom. The molecule has 2 nitrogen and oxygen atoms in total. The molecule has 1 saturated heterocycles. The fraction of sp³-hybridized carbons (Fsp3) is 0.261. The van der Waals surface area contributed by atoms with Crippen molar-refractivity contribution in [1.29, 1.82) is 0 Å². The van der Waals surface area contributed by atoms with Crippen molar-refractivity contribution in [1.82, 2.24) is 0 Å². The van der Waals surface area contributed by atoms with Crippen molar-refractivity contribution >= 4 is 5.69 Å². The number of aromatic nitrogens is 1. The van der Waals surface area contributed by atoms with Gasteiger partial charge in [-0.05, 0) is 43.5 Å². The molecule has 1 aromatic heterocycles. The summed E-state index contributed by atoms with van der Waals surface area (Å²) in [5, 5.41) is 0. The molecule has 0 spiro atoms. The summed E-state index contributed by atoms with van der Waals surface area (Å²) in [6, 6.07) is 26.1. The number of piperidine rings is 1. The van der Waals surface area contributed by atoms with Gasteiger partial charge in [0, 0.05) is 42.0 Å². The molecule has 0 N–H and O–H groups in total. The number of pyridine rings is 1. The molecule has 25 heavy (non-hydrogen) atoms. The Morgan fingerprint density at radius 2 is 1.16 bits per heavy atom. The third-order valence-corrected chi connectivity index (χ3v) is 5.15. The minimum atomic E-state index is 1.16. The summed E-state index contributed by atoms with van der Waals surface area (Å²) < 4.78 is 2.32. The predicted octanol–water partition coefficient (Wildman–Crippen LogP) is 4.84. The molecule has 0 bridgehead atoms. The summed E-state index contributed by atoms with van der Waals surface area (Å²) in [6.45, 7) is 2.33. The lowest BCUT2D eigenvalue weighted by Crippen LogP contribution is -2.36. The molecular weight excluding hydrogens is 304 g/mol. The van der Waals surface area contributed by atoms with Crippen LogP contribution in [0.25, 0.3) is 22.5 Å². The van der Waals surface area contributed by atoms with E-state index in [0.717, 1.165) is 13.1 Å². The Labute approximate surface area is 150 Å². The standard InChI is InChI=1S/C23H25N2/c1-24-22(19-11-5-2-6-12-19)17-21(25-15-9-4-10-16-25)18-23(24)20-13-7-3-8-14-20/h2-3,5-8,11-14,17-18H,4,9-10,15-16H2,1H3/q+1. The van der Waals surface area contributed by atoms with E-state index in [9.17, 15) is 0 Å². The topological polar surface area (TPSA) is 7.12 Å². The second-order valence-electron chi connectivity index (χ2n) is 6.82. The molecule has 0 aliphatic carbocycles. The molecule has 2 heterocycles. The largest absolute Gasteiger partial charge is 0.371 e. The highest BCUT2D eigenvalue weighted by atomic mass is 15.1. The van der Waals surface area contributed by atoms with Crippen molar-refractivity contribution in [3.63, 3.8) is 0 Å². The molecule has 2 aromatic carbocycles. The van der Waals surface area contributed by atoms with E-state index in [1.807, 2.05) is 0 Å². The number of hydrogen-bond acceptors (Lipinski definition) is 1. The van der Waals surface area contributed by atoms with Crippen molar-refractivity contribution in [3.05, 3.63) is 72.8 Å². The first-order valence-corrected chi connectivity index (χ1v) is 9.23. The van der Waals surface area contributed by atoms with E-state index < -0.39 is 0 Å². The summed E-state index contributed by atoms with van der Waals surface area (Å²) in [7, 11) is 2.17. The van der Waals surface area contributed by atoms with Gasteiger partial charge in [0.1, 0.15) is 7.05 Å². The monoisotopic (exact) mass is 329 g/mol. The van der Waals surface area contributed by atoms with E-state index in [1.54, 1.807) is 0 Å². The highest BCUT2D eigenvalue weighted by Crippen LogP contribution is 2.28. The molecule has 0 saturated carbocycles. The van der Waals surface area contributed by atoms with E-state index in [-0.39, 0.29) is 0 Å². The van der Waals surface area contributed by atoms with Gasteiger partial charge in [-0.25, -0.2) is 0 Å². The lowest BCUT2D eigenvalue weighted by molar-refractivity contribution is -0.649. The molecule has 1 fully saturated rings. The zero-order chi connectivity index (χ0) is 17.1. The minimum absolute atomic E-state index is 1.16. The van der Waals surface area contributed by atoms with Crippen molar-refractivity contribution in [2.75, 3.05) is 18.0 Å². The molecule has 0 amide bonds. The molecule has 1 aliphatic rings. The fourth-order valence-corrected chi connectivity index (χ4v) is 3.75. The third kappa shape index (κ3) is 3.30. The van der Waals surface area contributed by atoms with Crippen LogP contribution in [-0.4, -0.2) is 13.1 Å². The van der Waals surface area contributed by atoms with Gasteiger partial charge in [-0.2, -0.15) is 4.57 Å². The van der Waals surface area contributed by atoms with Crippen LogP contribution in [0.5, 0.6) is 0 Å². The predicted molar refractivity (Wildman–Crippen MR) is 105 cm³/mol. The summed E-state index contributed by atoms with van der Waals surface area (Å²) in [5.41, 5.74) is 6.41. The number of nitrogens with zero attached hydrogens (tertiary/aromatic N) is 2. The van der Waals surface area contributed by atoms with Crippen LogP contribution in [0.4, 0.5) is 5.69 Å². The van der Waals surface area contributed by atoms with E-state index in [4.69, 9.17) is 0 Å². The first-order chi connectivity index (χ1) is 12.3. The summed E-state index contributed by atoms with van der Waals surface area (Å²) >= 11 is 0. The number of rotatable bonds is 3. The van der Waals surface area contributed by atoms with Crippen LogP contribution in [0, 0.1) is 0 Å². The van der Waals surface area contributed by atoms with E-state index in [0.29, 0.717) is 0 Å². The molecule has 4 rings (SSSR count). The number of benzene rings is 2. The van der Waals surface area contributed by atoms with Gasteiger partial charge in [0.05, 0.1) is 0 Å². The molecule has 0 unspecified atom stereocenters. The van der Waals surface area contributed by atoms with Gasteiger partial charge in [-0.15, -0.1) is 0 Å². The van der Waals surface area contributed by atoms with Crippen LogP contribution >= 0.6 is 0 Å². The smallest absolute Gasteiger partial charge is 0.214 e. The maximum atomic E-state index is 2.54. The van der Waals surface area contributed by atoms with Crippen molar-refractivity contribution in [3.8, 4) is 22.5 Å². The van der Waals surface area contributed by atoms with Gasteiger partial charge in [0.25, 0.3) is 0 Å². The SMILES string of the molecule is C[n+]1c(-c2ccccc2)cc(N2CCCCC2)cc1-c1ccccc1. The molecule has 1 aliphatic heterocycles. The number of hydrogen-bond donors (Lipinski definition) is 0. The van der Waals surface area contributed by atoms with E-state index in [2.05, 4.69) is 89.3 Å². The van der Waals surface area contributed by atoms with Gasteiger partial charge in [-0.1, -0.05) is 36.4 Å². The number of anilines is 1. The van der Waals surface area contributed by atoms with Crippen molar-refractivity contribution in [2.24, 2.45) is 7.05 Å². The summed E-state index contributed by atoms with van der Waals surface area (Å²) in [6.07, 6.45) is 3.94. The molecule has 0 atom stereocenters. The van der Waals surface area contributed by atoms with Gasteiger partial charge >= 0.3 is 0 Å². The minimum Gasteiger partial charge on any atom is -0.371 e.